The molecule has 0 aliphatic carbocycles. The summed E-state index contributed by atoms with van der Waals surface area (Å²) < 4.78 is 11.7. The molecule has 0 heterocycles. The van der Waals surface area contributed by atoms with Crippen molar-refractivity contribution >= 4 is 34.5 Å². The van der Waals surface area contributed by atoms with Crippen molar-refractivity contribution in [2.24, 2.45) is 4.99 Å². The molecule has 3 aromatic carbocycles. The molecule has 0 aromatic heterocycles. The summed E-state index contributed by atoms with van der Waals surface area (Å²) in [4.78, 5) is 4.44. The van der Waals surface area contributed by atoms with Crippen LogP contribution in [0.1, 0.15) is 5.56 Å². The van der Waals surface area contributed by atoms with Crippen LogP contribution in [0.2, 0.25) is 0 Å². The summed E-state index contributed by atoms with van der Waals surface area (Å²) in [5.41, 5.74) is 1.76. The third-order valence-corrected chi connectivity index (χ3v) is 4.33. The lowest BCUT2D eigenvalue weighted by Crippen LogP contribution is -1.85. The van der Waals surface area contributed by atoms with Crippen molar-refractivity contribution < 1.29 is 14.6 Å². The minimum atomic E-state index is 0.276. The summed E-state index contributed by atoms with van der Waals surface area (Å²) in [5, 5.41) is 9.54. The molecule has 0 spiro atoms. The Hall–Kier alpha value is -2.54. The van der Waals surface area contributed by atoms with Crippen LogP contribution in [0.25, 0.3) is 0 Å². The lowest BCUT2D eigenvalue weighted by atomic mass is 10.2. The van der Waals surface area contributed by atoms with Crippen molar-refractivity contribution in [3.63, 3.8) is 0 Å². The summed E-state index contributed by atoms with van der Waals surface area (Å²) >= 11 is 2.09. The zero-order valence-corrected chi connectivity index (χ0v) is 15.7. The predicted octanol–water partition coefficient (Wildman–Crippen LogP) is 5.55. The van der Waals surface area contributed by atoms with E-state index in [1.807, 2.05) is 60.7 Å². The van der Waals surface area contributed by atoms with E-state index in [-0.39, 0.29) is 5.75 Å². The first-order valence-electron chi connectivity index (χ1n) is 7.58. The minimum Gasteiger partial charge on any atom is -0.507 e. The van der Waals surface area contributed by atoms with Crippen LogP contribution in [0.5, 0.6) is 23.0 Å². The summed E-state index contributed by atoms with van der Waals surface area (Å²) in [6.45, 7) is 0. The molecule has 0 bridgehead atoms. The van der Waals surface area contributed by atoms with Gasteiger partial charge in [-0.2, -0.15) is 0 Å². The maximum atomic E-state index is 9.54. The number of nitrogens with zero attached hydrogens (tertiary/aromatic N) is 1. The van der Waals surface area contributed by atoms with Gasteiger partial charge in [-0.25, -0.2) is 0 Å². The zero-order chi connectivity index (χ0) is 17.6. The van der Waals surface area contributed by atoms with E-state index in [0.717, 1.165) is 32.1 Å². The van der Waals surface area contributed by atoms with E-state index in [0.29, 0.717) is 0 Å². The van der Waals surface area contributed by atoms with Gasteiger partial charge in [0.2, 0.25) is 0 Å². The number of methoxy groups -OCH3 is 1. The van der Waals surface area contributed by atoms with E-state index < -0.39 is 0 Å². The second-order valence-corrected chi connectivity index (χ2v) is 6.40. The van der Waals surface area contributed by atoms with Gasteiger partial charge >= 0.3 is 0 Å². The molecule has 0 aliphatic rings. The summed E-state index contributed by atoms with van der Waals surface area (Å²) in [5.74, 6) is 2.55. The Morgan fingerprint density at radius 2 is 1.48 bits per heavy atom. The van der Waals surface area contributed by atoms with Crippen molar-refractivity contribution in [3.05, 3.63) is 75.9 Å². The maximum absolute atomic E-state index is 9.54. The van der Waals surface area contributed by atoms with Crippen molar-refractivity contribution in [3.8, 4) is 23.0 Å². The van der Waals surface area contributed by atoms with Gasteiger partial charge < -0.3 is 14.6 Å². The van der Waals surface area contributed by atoms with Crippen LogP contribution in [0.3, 0.4) is 0 Å². The number of halogens is 1. The number of phenolic OH excluding ortho intramolecular Hbond substituents is 1. The van der Waals surface area contributed by atoms with E-state index in [1.165, 1.54) is 0 Å². The second-order valence-electron chi connectivity index (χ2n) is 5.24. The second kappa shape index (κ2) is 8.02. The van der Waals surface area contributed by atoms with Crippen molar-refractivity contribution in [2.75, 3.05) is 7.11 Å². The molecule has 3 aromatic rings. The van der Waals surface area contributed by atoms with Gasteiger partial charge in [0.25, 0.3) is 0 Å². The lowest BCUT2D eigenvalue weighted by molar-refractivity contribution is 0.413. The molecule has 0 fully saturated rings. The number of hydrogen-bond donors (Lipinski definition) is 1. The van der Waals surface area contributed by atoms with Gasteiger partial charge in [-0.3, -0.25) is 4.99 Å². The lowest BCUT2D eigenvalue weighted by Gasteiger charge is -2.06. The number of aromatic hydroxyl groups is 1. The van der Waals surface area contributed by atoms with Crippen LogP contribution in [0.15, 0.2) is 71.7 Å². The first kappa shape index (κ1) is 17.3. The van der Waals surface area contributed by atoms with Gasteiger partial charge in [0.15, 0.2) is 0 Å². The van der Waals surface area contributed by atoms with Crippen LogP contribution in [0, 0.1) is 3.57 Å². The highest BCUT2D eigenvalue weighted by Crippen LogP contribution is 2.26. The minimum absolute atomic E-state index is 0.276. The van der Waals surface area contributed by atoms with E-state index in [2.05, 4.69) is 27.6 Å². The molecular weight excluding hydrogens is 429 g/mol. The molecular formula is C20H16INO3. The average molecular weight is 445 g/mol. The van der Waals surface area contributed by atoms with Gasteiger partial charge in [-0.1, -0.05) is 0 Å². The number of benzene rings is 3. The molecule has 0 amide bonds. The molecule has 0 unspecified atom stereocenters. The number of ether oxygens (including phenoxy) is 2. The topological polar surface area (TPSA) is 51.0 Å². The predicted molar refractivity (Wildman–Crippen MR) is 108 cm³/mol. The molecule has 25 heavy (non-hydrogen) atoms. The van der Waals surface area contributed by atoms with Crippen LogP contribution in [-0.4, -0.2) is 18.4 Å². The maximum Gasteiger partial charge on any atom is 0.128 e. The first-order chi connectivity index (χ1) is 12.1. The summed E-state index contributed by atoms with van der Waals surface area (Å²) in [6, 6.07) is 20.3. The normalized spacial score (nSPS) is 10.8. The quantitative estimate of drug-likeness (QED) is 0.414. The highest BCUT2D eigenvalue weighted by atomic mass is 127. The molecule has 0 aliphatic heterocycles. The van der Waals surface area contributed by atoms with E-state index >= 15 is 0 Å². The van der Waals surface area contributed by atoms with Gasteiger partial charge in [0.1, 0.15) is 23.0 Å². The number of hydrogen-bond acceptors (Lipinski definition) is 4. The Morgan fingerprint density at radius 3 is 2.08 bits per heavy atom. The standard InChI is InChI=1S/C20H16INO3/c1-24-16-7-9-18(10-8-16)25-17-5-3-15(4-6-17)22-13-14-2-11-20(23)19(21)12-14/h2-13,23H,1H3. The highest BCUT2D eigenvalue weighted by Gasteiger charge is 2.00. The van der Waals surface area contributed by atoms with Crippen molar-refractivity contribution in [2.45, 2.75) is 0 Å². The molecule has 0 atom stereocenters. The third kappa shape index (κ3) is 4.73. The van der Waals surface area contributed by atoms with Crippen LogP contribution < -0.4 is 9.47 Å². The summed E-state index contributed by atoms with van der Waals surface area (Å²) in [6.07, 6.45) is 1.76. The Balaban J connectivity index is 1.66. The van der Waals surface area contributed by atoms with E-state index in [1.54, 1.807) is 19.4 Å². The zero-order valence-electron chi connectivity index (χ0n) is 13.5. The van der Waals surface area contributed by atoms with Crippen LogP contribution in [0.4, 0.5) is 5.69 Å². The molecule has 4 nitrogen and oxygen atoms in total. The SMILES string of the molecule is COc1ccc(Oc2ccc(N=Cc3ccc(O)c(I)c3)cc2)cc1. The Bertz CT molecular complexity index is 874. The molecule has 0 radical (unpaired) electrons. The van der Waals surface area contributed by atoms with Gasteiger partial charge in [0, 0.05) is 6.21 Å². The van der Waals surface area contributed by atoms with Gasteiger partial charge in [0.05, 0.1) is 16.4 Å². The molecule has 1 N–H and O–H groups in total. The average Bonchev–Trinajstić information content (AvgIpc) is 2.64. The van der Waals surface area contributed by atoms with E-state index in [4.69, 9.17) is 9.47 Å². The molecule has 126 valence electrons. The van der Waals surface area contributed by atoms with E-state index in [9.17, 15) is 5.11 Å². The smallest absolute Gasteiger partial charge is 0.128 e. The molecule has 3 rings (SSSR count). The van der Waals surface area contributed by atoms with Crippen molar-refractivity contribution in [1.29, 1.82) is 0 Å². The van der Waals surface area contributed by atoms with Crippen LogP contribution in [-0.2, 0) is 0 Å². The van der Waals surface area contributed by atoms with Crippen molar-refractivity contribution in [1.82, 2.24) is 0 Å². The Kier molecular flexibility index (Phi) is 5.55. The number of phenols is 1. The van der Waals surface area contributed by atoms with Crippen LogP contribution >= 0.6 is 22.6 Å². The molecule has 0 saturated heterocycles. The largest absolute Gasteiger partial charge is 0.507 e. The third-order valence-electron chi connectivity index (χ3n) is 3.47. The Morgan fingerprint density at radius 1 is 0.880 bits per heavy atom. The fraction of sp³-hybridized carbons (Fsp3) is 0.0500. The van der Waals surface area contributed by atoms with Gasteiger partial charge in [-0.05, 0) is 94.9 Å². The summed E-state index contributed by atoms with van der Waals surface area (Å²) in [7, 11) is 1.63. The monoisotopic (exact) mass is 445 g/mol. The van der Waals surface area contributed by atoms with Gasteiger partial charge in [-0.15, -0.1) is 0 Å². The fourth-order valence-electron chi connectivity index (χ4n) is 2.13. The number of rotatable bonds is 5. The highest BCUT2D eigenvalue weighted by molar-refractivity contribution is 14.1. The molecule has 5 heteroatoms. The number of aliphatic imine (C=N–C) groups is 1. The molecule has 0 saturated carbocycles. The fourth-order valence-corrected chi connectivity index (χ4v) is 2.67. The first-order valence-corrected chi connectivity index (χ1v) is 8.66. The Labute approximate surface area is 159 Å².